The molecule has 0 unspecified atom stereocenters. The van der Waals surface area contributed by atoms with Gasteiger partial charge in [0, 0.05) is 16.2 Å². The van der Waals surface area contributed by atoms with Crippen molar-refractivity contribution in [1.29, 1.82) is 0 Å². The average Bonchev–Trinajstić information content (AvgIpc) is 3.00. The van der Waals surface area contributed by atoms with Gasteiger partial charge in [-0.1, -0.05) is 58.0 Å². The third-order valence-corrected chi connectivity index (χ3v) is 4.50. The lowest BCUT2D eigenvalue weighted by Gasteiger charge is -2.18. The summed E-state index contributed by atoms with van der Waals surface area (Å²) in [4.78, 5) is 0. The van der Waals surface area contributed by atoms with E-state index in [4.69, 9.17) is 0 Å². The number of benzene rings is 2. The Balaban J connectivity index is 2.30. The van der Waals surface area contributed by atoms with Crippen LogP contribution in [0.1, 0.15) is 39.1 Å². The fourth-order valence-electron chi connectivity index (χ4n) is 3.30. The van der Waals surface area contributed by atoms with E-state index in [2.05, 4.69) is 84.8 Å². The minimum absolute atomic E-state index is 0.0573. The van der Waals surface area contributed by atoms with Gasteiger partial charge in [-0.05, 0) is 29.5 Å². The van der Waals surface area contributed by atoms with Crippen LogP contribution in [0.2, 0.25) is 0 Å². The monoisotopic (exact) mass is 303 g/mol. The fourth-order valence-corrected chi connectivity index (χ4v) is 3.30. The molecule has 3 heteroatoms. The number of pyridine rings is 1. The van der Waals surface area contributed by atoms with Gasteiger partial charge in [0.15, 0.2) is 5.65 Å². The molecule has 2 aromatic heterocycles. The maximum Gasteiger partial charge on any atom is 0.169 e. The molecule has 0 aliphatic rings. The molecule has 4 rings (SSSR count). The predicted molar refractivity (Wildman–Crippen MR) is 96.1 cm³/mol. The minimum atomic E-state index is -0.0573. The molecule has 0 N–H and O–H groups in total. The SMILES string of the molecule is CCc1ccc2c(c1)c1ccccc1c1nnc(C(C)(C)C)n21. The van der Waals surface area contributed by atoms with Crippen LogP contribution in [-0.4, -0.2) is 14.6 Å². The van der Waals surface area contributed by atoms with Gasteiger partial charge in [-0.2, -0.15) is 0 Å². The summed E-state index contributed by atoms with van der Waals surface area (Å²) in [7, 11) is 0. The molecule has 0 aliphatic carbocycles. The van der Waals surface area contributed by atoms with E-state index in [0.717, 1.165) is 23.3 Å². The summed E-state index contributed by atoms with van der Waals surface area (Å²) in [5, 5.41) is 12.7. The second kappa shape index (κ2) is 4.79. The van der Waals surface area contributed by atoms with Gasteiger partial charge in [0.2, 0.25) is 0 Å². The second-order valence-corrected chi connectivity index (χ2v) is 7.18. The van der Waals surface area contributed by atoms with Gasteiger partial charge in [-0.3, -0.25) is 4.40 Å². The van der Waals surface area contributed by atoms with Crippen LogP contribution in [0.3, 0.4) is 0 Å². The quantitative estimate of drug-likeness (QED) is 0.468. The predicted octanol–water partition coefficient (Wildman–Crippen LogP) is 4.90. The van der Waals surface area contributed by atoms with Crippen molar-refractivity contribution in [2.45, 2.75) is 39.5 Å². The molecule has 0 saturated carbocycles. The van der Waals surface area contributed by atoms with Gasteiger partial charge in [-0.15, -0.1) is 10.2 Å². The Morgan fingerprint density at radius 3 is 2.35 bits per heavy atom. The van der Waals surface area contributed by atoms with Crippen molar-refractivity contribution in [3.63, 3.8) is 0 Å². The van der Waals surface area contributed by atoms with E-state index >= 15 is 0 Å². The number of hydrogen-bond donors (Lipinski definition) is 0. The number of fused-ring (bicyclic) bond motifs is 6. The van der Waals surface area contributed by atoms with Gasteiger partial charge < -0.3 is 0 Å². The highest BCUT2D eigenvalue weighted by Gasteiger charge is 2.23. The minimum Gasteiger partial charge on any atom is -0.278 e. The summed E-state index contributed by atoms with van der Waals surface area (Å²) >= 11 is 0. The zero-order valence-electron chi connectivity index (χ0n) is 14.1. The highest BCUT2D eigenvalue weighted by molar-refractivity contribution is 6.11. The molecule has 116 valence electrons. The van der Waals surface area contributed by atoms with E-state index in [9.17, 15) is 0 Å². The molecule has 0 atom stereocenters. The van der Waals surface area contributed by atoms with Crippen LogP contribution in [0.5, 0.6) is 0 Å². The number of hydrogen-bond acceptors (Lipinski definition) is 2. The zero-order valence-corrected chi connectivity index (χ0v) is 14.1. The Hall–Kier alpha value is -2.42. The van der Waals surface area contributed by atoms with Crippen LogP contribution in [0.4, 0.5) is 0 Å². The molecule has 0 bridgehead atoms. The Morgan fingerprint density at radius 2 is 1.65 bits per heavy atom. The van der Waals surface area contributed by atoms with Crippen LogP contribution in [0.25, 0.3) is 27.3 Å². The number of aromatic nitrogens is 3. The lowest BCUT2D eigenvalue weighted by molar-refractivity contribution is 0.541. The summed E-state index contributed by atoms with van der Waals surface area (Å²) in [6.45, 7) is 8.75. The van der Waals surface area contributed by atoms with Crippen LogP contribution in [0, 0.1) is 0 Å². The Kier molecular flexibility index (Phi) is 2.95. The second-order valence-electron chi connectivity index (χ2n) is 7.18. The van der Waals surface area contributed by atoms with Gasteiger partial charge in [0.25, 0.3) is 0 Å². The standard InChI is InChI=1S/C20H21N3/c1-5-13-10-11-17-16(12-13)14-8-6-7-9-15(14)18-21-22-19(23(17)18)20(2,3)4/h6-12H,5H2,1-4H3. The van der Waals surface area contributed by atoms with Crippen LogP contribution < -0.4 is 0 Å². The first-order valence-electron chi connectivity index (χ1n) is 8.19. The van der Waals surface area contributed by atoms with Crippen molar-refractivity contribution in [2.24, 2.45) is 0 Å². The number of rotatable bonds is 1. The maximum atomic E-state index is 4.52. The molecule has 0 fully saturated rings. The first-order valence-corrected chi connectivity index (χ1v) is 8.19. The average molecular weight is 303 g/mol. The highest BCUT2D eigenvalue weighted by atomic mass is 15.3. The summed E-state index contributed by atoms with van der Waals surface area (Å²) in [5.41, 5.74) is 3.43. The van der Waals surface area contributed by atoms with E-state index in [1.54, 1.807) is 0 Å². The van der Waals surface area contributed by atoms with Crippen molar-refractivity contribution >= 4 is 27.3 Å². The third-order valence-electron chi connectivity index (χ3n) is 4.50. The van der Waals surface area contributed by atoms with Crippen LogP contribution in [-0.2, 0) is 11.8 Å². The molecule has 0 saturated heterocycles. The normalized spacial score (nSPS) is 12.5. The molecule has 2 heterocycles. The molecule has 2 aromatic carbocycles. The van der Waals surface area contributed by atoms with E-state index in [-0.39, 0.29) is 5.41 Å². The van der Waals surface area contributed by atoms with Gasteiger partial charge >= 0.3 is 0 Å². The van der Waals surface area contributed by atoms with Crippen molar-refractivity contribution in [2.75, 3.05) is 0 Å². The first kappa shape index (κ1) is 14.2. The van der Waals surface area contributed by atoms with E-state index in [1.807, 2.05) is 0 Å². The summed E-state index contributed by atoms with van der Waals surface area (Å²) in [5.74, 6) is 1.01. The molecule has 4 aromatic rings. The van der Waals surface area contributed by atoms with Crippen LogP contribution in [0.15, 0.2) is 42.5 Å². The maximum absolute atomic E-state index is 4.52. The van der Waals surface area contributed by atoms with Gasteiger partial charge in [0.05, 0.1) is 5.52 Å². The van der Waals surface area contributed by atoms with Crippen molar-refractivity contribution in [1.82, 2.24) is 14.6 Å². The molecule has 0 radical (unpaired) electrons. The topological polar surface area (TPSA) is 30.2 Å². The Labute approximate surface area is 136 Å². The van der Waals surface area contributed by atoms with E-state index in [1.165, 1.54) is 21.9 Å². The van der Waals surface area contributed by atoms with Crippen molar-refractivity contribution < 1.29 is 0 Å². The molecule has 3 nitrogen and oxygen atoms in total. The molecule has 0 aliphatic heterocycles. The molecule has 23 heavy (non-hydrogen) atoms. The smallest absolute Gasteiger partial charge is 0.169 e. The summed E-state index contributed by atoms with van der Waals surface area (Å²) in [6, 6.07) is 15.2. The summed E-state index contributed by atoms with van der Waals surface area (Å²) < 4.78 is 2.23. The molecule has 0 amide bonds. The first-order chi connectivity index (χ1) is 11.0. The zero-order chi connectivity index (χ0) is 16.2. The largest absolute Gasteiger partial charge is 0.278 e. The molecular formula is C20H21N3. The fraction of sp³-hybridized carbons (Fsp3) is 0.300. The van der Waals surface area contributed by atoms with Crippen molar-refractivity contribution in [3.05, 3.63) is 53.9 Å². The molecular weight excluding hydrogens is 282 g/mol. The Morgan fingerprint density at radius 1 is 0.913 bits per heavy atom. The van der Waals surface area contributed by atoms with Crippen LogP contribution >= 0.6 is 0 Å². The third kappa shape index (κ3) is 2.03. The Bertz CT molecular complexity index is 1040. The van der Waals surface area contributed by atoms with E-state index < -0.39 is 0 Å². The number of aryl methyl sites for hydroxylation is 1. The van der Waals surface area contributed by atoms with Crippen molar-refractivity contribution in [3.8, 4) is 0 Å². The lowest BCUT2D eigenvalue weighted by Crippen LogP contribution is -2.16. The lowest BCUT2D eigenvalue weighted by atomic mass is 9.95. The molecule has 0 spiro atoms. The van der Waals surface area contributed by atoms with E-state index in [0.29, 0.717) is 0 Å². The number of nitrogens with zero attached hydrogens (tertiary/aromatic N) is 3. The summed E-state index contributed by atoms with van der Waals surface area (Å²) in [6.07, 6.45) is 1.04. The highest BCUT2D eigenvalue weighted by Crippen LogP contribution is 2.32. The van der Waals surface area contributed by atoms with Gasteiger partial charge in [0.1, 0.15) is 5.82 Å². The van der Waals surface area contributed by atoms with Gasteiger partial charge in [-0.25, -0.2) is 0 Å².